The number of carbonyl (C=O) groups is 3. The number of esters is 3. The van der Waals surface area contributed by atoms with Crippen LogP contribution in [0.25, 0.3) is 0 Å². The lowest BCUT2D eigenvalue weighted by atomic mass is 9.99. The Balaban J connectivity index is 1.91. The second kappa shape index (κ2) is 12.4. The summed E-state index contributed by atoms with van der Waals surface area (Å²) >= 11 is 2.95. The Hall–Kier alpha value is -2.08. The minimum Gasteiger partial charge on any atom is -0.463 e. The molecule has 2 aliphatic rings. The molecule has 180 valence electrons. The first-order valence-electron chi connectivity index (χ1n) is 10.5. The van der Waals surface area contributed by atoms with Gasteiger partial charge in [0.05, 0.1) is 13.2 Å². The molecule has 3 rings (SSSR count). The molecule has 1 fully saturated rings. The average molecular weight is 498 g/mol. The van der Waals surface area contributed by atoms with Crippen LogP contribution in [0.4, 0.5) is 0 Å². The van der Waals surface area contributed by atoms with Crippen LogP contribution in [-0.2, 0) is 44.7 Å². The van der Waals surface area contributed by atoms with E-state index in [1.54, 1.807) is 11.8 Å². The lowest BCUT2D eigenvalue weighted by molar-refractivity contribution is -0.241. The van der Waals surface area contributed by atoms with Gasteiger partial charge in [-0.3, -0.25) is 19.4 Å². The van der Waals surface area contributed by atoms with E-state index in [0.29, 0.717) is 6.54 Å². The Morgan fingerprint density at radius 3 is 2.33 bits per heavy atom. The van der Waals surface area contributed by atoms with Crippen LogP contribution in [0.3, 0.4) is 0 Å². The number of thioether (sulfide) groups is 2. The van der Waals surface area contributed by atoms with Crippen molar-refractivity contribution in [3.8, 4) is 0 Å². The molecule has 0 spiro atoms. The Morgan fingerprint density at radius 2 is 1.73 bits per heavy atom. The van der Waals surface area contributed by atoms with Gasteiger partial charge in [0.2, 0.25) is 0 Å². The van der Waals surface area contributed by atoms with Gasteiger partial charge in [0, 0.05) is 26.5 Å². The summed E-state index contributed by atoms with van der Waals surface area (Å²) in [5.74, 6) is -0.788. The highest BCUT2D eigenvalue weighted by Gasteiger charge is 2.51. The molecule has 2 aliphatic heterocycles. The minimum absolute atomic E-state index is 0.173. The SMILES string of the molecule is CC(=O)OC[C@H]1O[C@@H](SC2=NCCS2)[C@H](OCc2ccccc2)[C@@H](OC(C)=O)[C@@H]1OC(C)=O. The highest BCUT2D eigenvalue weighted by atomic mass is 32.2. The van der Waals surface area contributed by atoms with Crippen LogP contribution in [0.2, 0.25) is 0 Å². The van der Waals surface area contributed by atoms with E-state index in [0.717, 1.165) is 15.7 Å². The molecular formula is C22H27NO8S2. The zero-order valence-electron chi connectivity index (χ0n) is 18.6. The van der Waals surface area contributed by atoms with Crippen molar-refractivity contribution in [2.75, 3.05) is 18.9 Å². The molecule has 9 nitrogen and oxygen atoms in total. The minimum atomic E-state index is -1.03. The molecular weight excluding hydrogens is 470 g/mol. The van der Waals surface area contributed by atoms with Crippen LogP contribution in [0.15, 0.2) is 35.3 Å². The zero-order chi connectivity index (χ0) is 23.8. The van der Waals surface area contributed by atoms with E-state index in [4.69, 9.17) is 23.7 Å². The topological polar surface area (TPSA) is 110 Å². The molecule has 33 heavy (non-hydrogen) atoms. The van der Waals surface area contributed by atoms with Gasteiger partial charge in [-0.1, -0.05) is 53.9 Å². The number of hydrogen-bond acceptors (Lipinski definition) is 11. The number of ether oxygens (including phenoxy) is 5. The van der Waals surface area contributed by atoms with Crippen molar-refractivity contribution in [3.63, 3.8) is 0 Å². The molecule has 0 N–H and O–H groups in total. The molecule has 11 heteroatoms. The normalized spacial score (nSPS) is 26.9. The van der Waals surface area contributed by atoms with Crippen molar-refractivity contribution in [3.05, 3.63) is 35.9 Å². The summed E-state index contributed by atoms with van der Waals surface area (Å²) in [4.78, 5) is 39.8. The molecule has 0 radical (unpaired) electrons. The average Bonchev–Trinajstić information content (AvgIpc) is 3.27. The monoisotopic (exact) mass is 497 g/mol. The Labute approximate surface area is 200 Å². The largest absolute Gasteiger partial charge is 0.463 e. The number of aliphatic imine (C=N–C) groups is 1. The van der Waals surface area contributed by atoms with Crippen molar-refractivity contribution in [2.24, 2.45) is 4.99 Å². The molecule has 0 bridgehead atoms. The summed E-state index contributed by atoms with van der Waals surface area (Å²) in [7, 11) is 0. The molecule has 2 heterocycles. The maximum Gasteiger partial charge on any atom is 0.303 e. The smallest absolute Gasteiger partial charge is 0.303 e. The van der Waals surface area contributed by atoms with E-state index >= 15 is 0 Å². The van der Waals surface area contributed by atoms with Gasteiger partial charge in [-0.15, -0.1) is 0 Å². The van der Waals surface area contributed by atoms with Crippen LogP contribution < -0.4 is 0 Å². The predicted octanol–water partition coefficient (Wildman–Crippen LogP) is 2.56. The first-order valence-corrected chi connectivity index (χ1v) is 12.3. The van der Waals surface area contributed by atoms with E-state index in [9.17, 15) is 14.4 Å². The second-order valence-electron chi connectivity index (χ2n) is 7.37. The number of hydrogen-bond donors (Lipinski definition) is 0. The van der Waals surface area contributed by atoms with Crippen molar-refractivity contribution < 1.29 is 38.1 Å². The van der Waals surface area contributed by atoms with Gasteiger partial charge in [-0.05, 0) is 5.56 Å². The molecule has 1 aromatic carbocycles. The van der Waals surface area contributed by atoms with Crippen LogP contribution in [0.5, 0.6) is 0 Å². The summed E-state index contributed by atoms with van der Waals surface area (Å²) in [5, 5.41) is 0. The van der Waals surface area contributed by atoms with Crippen molar-refractivity contribution in [2.45, 2.75) is 57.2 Å². The molecule has 0 amide bonds. The lowest BCUT2D eigenvalue weighted by Gasteiger charge is -2.44. The van der Waals surface area contributed by atoms with E-state index in [-0.39, 0.29) is 13.2 Å². The van der Waals surface area contributed by atoms with E-state index < -0.39 is 47.8 Å². The fraction of sp³-hybridized carbons (Fsp3) is 0.545. The molecule has 5 atom stereocenters. The zero-order valence-corrected chi connectivity index (χ0v) is 20.3. The third-order valence-corrected chi connectivity index (χ3v) is 7.05. The molecule has 1 saturated heterocycles. The van der Waals surface area contributed by atoms with Gasteiger partial charge in [-0.2, -0.15) is 0 Å². The van der Waals surface area contributed by atoms with Crippen LogP contribution in [0, 0.1) is 0 Å². The standard InChI is InChI=1S/C22H27NO8S2/c1-13(24)27-12-17-18(29-14(2)25)19(30-15(3)26)20(28-11-16-7-5-4-6-8-16)21(31-17)33-22-23-9-10-32-22/h4-8,17-21H,9-12H2,1-3H3/t17-,18-,19+,20-,21+/m1/s1. The van der Waals surface area contributed by atoms with Crippen LogP contribution in [0.1, 0.15) is 26.3 Å². The van der Waals surface area contributed by atoms with E-state index in [1.165, 1.54) is 32.5 Å². The van der Waals surface area contributed by atoms with E-state index in [2.05, 4.69) is 4.99 Å². The second-order valence-corrected chi connectivity index (χ2v) is 9.80. The third kappa shape index (κ3) is 7.73. The number of benzene rings is 1. The highest BCUT2D eigenvalue weighted by Crippen LogP contribution is 2.38. The number of nitrogens with zero attached hydrogens (tertiary/aromatic N) is 1. The van der Waals surface area contributed by atoms with Crippen LogP contribution in [-0.4, -0.2) is 71.0 Å². The summed E-state index contributed by atoms with van der Waals surface area (Å²) in [6, 6.07) is 9.52. The summed E-state index contributed by atoms with van der Waals surface area (Å²) in [6.45, 7) is 4.55. The molecule has 1 aromatic rings. The molecule has 0 saturated carbocycles. The third-order valence-electron chi connectivity index (χ3n) is 4.71. The summed E-state index contributed by atoms with van der Waals surface area (Å²) in [5.41, 5.74) is 0.274. The number of rotatable bonds is 8. The van der Waals surface area contributed by atoms with Gasteiger partial charge in [0.25, 0.3) is 0 Å². The van der Waals surface area contributed by atoms with Gasteiger partial charge in [0.1, 0.15) is 28.6 Å². The Morgan fingerprint density at radius 1 is 1.03 bits per heavy atom. The predicted molar refractivity (Wildman–Crippen MR) is 124 cm³/mol. The first-order chi connectivity index (χ1) is 15.8. The maximum absolute atomic E-state index is 12.0. The van der Waals surface area contributed by atoms with Crippen molar-refractivity contribution in [1.29, 1.82) is 0 Å². The van der Waals surface area contributed by atoms with Gasteiger partial charge < -0.3 is 23.7 Å². The van der Waals surface area contributed by atoms with Crippen LogP contribution >= 0.6 is 23.5 Å². The molecule has 0 aliphatic carbocycles. The van der Waals surface area contributed by atoms with Crippen molar-refractivity contribution >= 4 is 45.8 Å². The van der Waals surface area contributed by atoms with Gasteiger partial charge in [-0.25, -0.2) is 0 Å². The first kappa shape index (κ1) is 25.5. The molecule has 0 aromatic heterocycles. The highest BCUT2D eigenvalue weighted by molar-refractivity contribution is 8.39. The summed E-state index contributed by atoms with van der Waals surface area (Å²) in [6.07, 6.45) is -3.64. The lowest BCUT2D eigenvalue weighted by Crippen LogP contribution is -2.61. The Kier molecular flexibility index (Phi) is 9.60. The maximum atomic E-state index is 12.0. The fourth-order valence-corrected chi connectivity index (χ4v) is 5.67. The number of carbonyl (C=O) groups excluding carboxylic acids is 3. The van der Waals surface area contributed by atoms with Crippen molar-refractivity contribution in [1.82, 2.24) is 0 Å². The summed E-state index contributed by atoms with van der Waals surface area (Å²) < 4.78 is 29.5. The quantitative estimate of drug-likeness (QED) is 0.393. The van der Waals surface area contributed by atoms with Gasteiger partial charge >= 0.3 is 17.9 Å². The van der Waals surface area contributed by atoms with E-state index in [1.807, 2.05) is 30.3 Å². The Bertz CT molecular complexity index is 865. The molecule has 0 unspecified atom stereocenters. The van der Waals surface area contributed by atoms with Gasteiger partial charge in [0.15, 0.2) is 12.2 Å². The fourth-order valence-electron chi connectivity index (χ4n) is 3.40.